The minimum absolute atomic E-state index is 0.0751. The van der Waals surface area contributed by atoms with E-state index >= 15 is 0 Å². The van der Waals surface area contributed by atoms with E-state index in [0.29, 0.717) is 5.82 Å². The highest BCUT2D eigenvalue weighted by Crippen LogP contribution is 2.24. The number of pyridine rings is 1. The Morgan fingerprint density at radius 3 is 2.21 bits per heavy atom. The molecule has 0 fully saturated rings. The third-order valence-corrected chi connectivity index (χ3v) is 2.71. The fourth-order valence-electron chi connectivity index (χ4n) is 1.66. The fourth-order valence-corrected chi connectivity index (χ4v) is 1.66. The van der Waals surface area contributed by atoms with E-state index < -0.39 is 12.7 Å². The summed E-state index contributed by atoms with van der Waals surface area (Å²) in [6, 6.07) is 3.42. The summed E-state index contributed by atoms with van der Waals surface area (Å²) < 4.78 is 37.4. The SMILES string of the molecule is CC(C)(C)c1ccc(N(CCN)CC(F)(F)F)nc1. The third kappa shape index (κ3) is 5.06. The lowest BCUT2D eigenvalue weighted by atomic mass is 9.88. The Bertz CT molecular complexity index is 393. The van der Waals surface area contributed by atoms with E-state index in [4.69, 9.17) is 5.73 Å². The molecule has 0 aromatic carbocycles. The molecule has 0 aliphatic rings. The standard InChI is InChI=1S/C13H20F3N3/c1-12(2,3)10-4-5-11(18-8-10)19(7-6-17)9-13(14,15)16/h4-5,8H,6-7,9,17H2,1-3H3. The van der Waals surface area contributed by atoms with Crippen LogP contribution in [-0.2, 0) is 5.41 Å². The van der Waals surface area contributed by atoms with E-state index in [1.165, 1.54) is 0 Å². The highest BCUT2D eigenvalue weighted by atomic mass is 19.4. The molecule has 0 amide bonds. The molecule has 0 radical (unpaired) electrons. The van der Waals surface area contributed by atoms with Crippen LogP contribution < -0.4 is 10.6 Å². The average Bonchev–Trinajstić information content (AvgIpc) is 2.26. The normalized spacial score (nSPS) is 12.6. The summed E-state index contributed by atoms with van der Waals surface area (Å²) in [4.78, 5) is 5.26. The molecule has 0 saturated carbocycles. The first kappa shape index (κ1) is 15.8. The summed E-state index contributed by atoms with van der Waals surface area (Å²) >= 11 is 0. The van der Waals surface area contributed by atoms with Crippen LogP contribution in [0.15, 0.2) is 18.3 Å². The van der Waals surface area contributed by atoms with Crippen molar-refractivity contribution in [3.05, 3.63) is 23.9 Å². The Morgan fingerprint density at radius 2 is 1.84 bits per heavy atom. The van der Waals surface area contributed by atoms with Crippen LogP contribution in [0, 0.1) is 0 Å². The molecule has 1 heterocycles. The van der Waals surface area contributed by atoms with Crippen molar-refractivity contribution in [1.82, 2.24) is 4.98 Å². The number of hydrogen-bond donors (Lipinski definition) is 1. The van der Waals surface area contributed by atoms with Gasteiger partial charge in [0.15, 0.2) is 0 Å². The Balaban J connectivity index is 2.91. The maximum absolute atomic E-state index is 12.5. The van der Waals surface area contributed by atoms with Crippen molar-refractivity contribution in [3.63, 3.8) is 0 Å². The van der Waals surface area contributed by atoms with E-state index in [1.807, 2.05) is 26.8 Å². The number of nitrogens with two attached hydrogens (primary N) is 1. The van der Waals surface area contributed by atoms with Crippen LogP contribution in [0.4, 0.5) is 19.0 Å². The molecule has 0 spiro atoms. The maximum atomic E-state index is 12.5. The first-order valence-corrected chi connectivity index (χ1v) is 6.12. The quantitative estimate of drug-likeness (QED) is 0.918. The molecule has 0 aliphatic heterocycles. The van der Waals surface area contributed by atoms with Gasteiger partial charge < -0.3 is 10.6 Å². The average molecular weight is 275 g/mol. The van der Waals surface area contributed by atoms with Crippen molar-refractivity contribution in [3.8, 4) is 0 Å². The fraction of sp³-hybridized carbons (Fsp3) is 0.615. The molecule has 1 aromatic heterocycles. The van der Waals surface area contributed by atoms with Gasteiger partial charge >= 0.3 is 6.18 Å². The molecule has 19 heavy (non-hydrogen) atoms. The van der Waals surface area contributed by atoms with Crippen LogP contribution in [0.3, 0.4) is 0 Å². The van der Waals surface area contributed by atoms with Gasteiger partial charge in [0.05, 0.1) is 0 Å². The van der Waals surface area contributed by atoms with E-state index in [0.717, 1.165) is 10.5 Å². The molecule has 3 nitrogen and oxygen atoms in total. The topological polar surface area (TPSA) is 42.1 Å². The van der Waals surface area contributed by atoms with Crippen LogP contribution in [0.5, 0.6) is 0 Å². The van der Waals surface area contributed by atoms with Crippen LogP contribution in [0.2, 0.25) is 0 Å². The van der Waals surface area contributed by atoms with Gasteiger partial charge in [-0.15, -0.1) is 0 Å². The van der Waals surface area contributed by atoms with E-state index in [-0.39, 0.29) is 18.5 Å². The van der Waals surface area contributed by atoms with Crippen LogP contribution in [0.25, 0.3) is 0 Å². The van der Waals surface area contributed by atoms with Crippen molar-refractivity contribution in [2.45, 2.75) is 32.4 Å². The van der Waals surface area contributed by atoms with Gasteiger partial charge in [-0.2, -0.15) is 13.2 Å². The second-order valence-electron chi connectivity index (χ2n) is 5.48. The molecule has 1 aromatic rings. The zero-order chi connectivity index (χ0) is 14.7. The van der Waals surface area contributed by atoms with Crippen molar-refractivity contribution in [2.24, 2.45) is 5.73 Å². The van der Waals surface area contributed by atoms with Gasteiger partial charge in [-0.25, -0.2) is 4.98 Å². The number of hydrogen-bond acceptors (Lipinski definition) is 3. The van der Waals surface area contributed by atoms with Crippen LogP contribution in [0.1, 0.15) is 26.3 Å². The number of alkyl halides is 3. The van der Waals surface area contributed by atoms with Crippen molar-refractivity contribution < 1.29 is 13.2 Å². The molecule has 2 N–H and O–H groups in total. The zero-order valence-electron chi connectivity index (χ0n) is 11.5. The maximum Gasteiger partial charge on any atom is 0.405 e. The summed E-state index contributed by atoms with van der Waals surface area (Å²) in [5.41, 5.74) is 6.26. The number of rotatable bonds is 4. The lowest BCUT2D eigenvalue weighted by molar-refractivity contribution is -0.119. The smallest absolute Gasteiger partial charge is 0.346 e. The summed E-state index contributed by atoms with van der Waals surface area (Å²) in [7, 11) is 0. The Hall–Kier alpha value is -1.30. The van der Waals surface area contributed by atoms with Gasteiger partial charge in [0.1, 0.15) is 12.4 Å². The monoisotopic (exact) mass is 275 g/mol. The molecular formula is C13H20F3N3. The lowest BCUT2D eigenvalue weighted by Crippen LogP contribution is -2.38. The van der Waals surface area contributed by atoms with Gasteiger partial charge in [0, 0.05) is 19.3 Å². The van der Waals surface area contributed by atoms with Gasteiger partial charge in [0.2, 0.25) is 0 Å². The van der Waals surface area contributed by atoms with Gasteiger partial charge in [-0.3, -0.25) is 0 Å². The highest BCUT2D eigenvalue weighted by molar-refractivity contribution is 5.40. The lowest BCUT2D eigenvalue weighted by Gasteiger charge is -2.25. The largest absolute Gasteiger partial charge is 0.405 e. The molecular weight excluding hydrogens is 255 g/mol. The summed E-state index contributed by atoms with van der Waals surface area (Å²) in [6.45, 7) is 5.32. The highest BCUT2D eigenvalue weighted by Gasteiger charge is 2.31. The molecule has 0 bridgehead atoms. The minimum Gasteiger partial charge on any atom is -0.346 e. The van der Waals surface area contributed by atoms with E-state index in [2.05, 4.69) is 4.98 Å². The number of anilines is 1. The van der Waals surface area contributed by atoms with E-state index in [9.17, 15) is 13.2 Å². The predicted octanol–water partition coefficient (Wildman–Crippen LogP) is 2.71. The first-order valence-electron chi connectivity index (χ1n) is 6.12. The van der Waals surface area contributed by atoms with Gasteiger partial charge in [-0.05, 0) is 17.0 Å². The Morgan fingerprint density at radius 1 is 1.21 bits per heavy atom. The second-order valence-corrected chi connectivity index (χ2v) is 5.48. The first-order chi connectivity index (χ1) is 8.63. The van der Waals surface area contributed by atoms with Gasteiger partial charge in [0.25, 0.3) is 0 Å². The van der Waals surface area contributed by atoms with E-state index in [1.54, 1.807) is 12.3 Å². The molecule has 0 unspecified atom stereocenters. The van der Waals surface area contributed by atoms with Crippen molar-refractivity contribution in [2.75, 3.05) is 24.5 Å². The molecule has 6 heteroatoms. The zero-order valence-corrected chi connectivity index (χ0v) is 11.5. The van der Waals surface area contributed by atoms with Crippen molar-refractivity contribution >= 4 is 5.82 Å². The molecule has 0 saturated heterocycles. The Labute approximate surface area is 111 Å². The summed E-state index contributed by atoms with van der Waals surface area (Å²) in [5.74, 6) is 0.302. The summed E-state index contributed by atoms with van der Waals surface area (Å²) in [5, 5.41) is 0. The third-order valence-electron chi connectivity index (χ3n) is 2.71. The summed E-state index contributed by atoms with van der Waals surface area (Å²) in [6.07, 6.45) is -2.64. The number of halogens is 3. The second kappa shape index (κ2) is 5.77. The van der Waals surface area contributed by atoms with Gasteiger partial charge in [-0.1, -0.05) is 26.8 Å². The molecule has 0 atom stereocenters. The molecule has 0 aliphatic carbocycles. The Kier molecular flexibility index (Phi) is 4.79. The molecule has 1 rings (SSSR count). The predicted molar refractivity (Wildman–Crippen MR) is 70.3 cm³/mol. The van der Waals surface area contributed by atoms with Crippen molar-refractivity contribution in [1.29, 1.82) is 0 Å². The molecule has 108 valence electrons. The minimum atomic E-state index is -4.26. The number of nitrogens with zero attached hydrogens (tertiary/aromatic N) is 2. The number of aromatic nitrogens is 1. The van der Waals surface area contributed by atoms with Crippen LogP contribution in [-0.4, -0.2) is 30.8 Å². The van der Waals surface area contributed by atoms with Crippen LogP contribution >= 0.6 is 0 Å².